The van der Waals surface area contributed by atoms with E-state index in [0.29, 0.717) is 11.3 Å². The number of rotatable bonds is 4. The number of aliphatic hydroxyl groups excluding tert-OH is 1. The third kappa shape index (κ3) is 3.67. The first-order chi connectivity index (χ1) is 9.10. The fraction of sp³-hybridized carbons (Fsp3) is 0.600. The van der Waals surface area contributed by atoms with Gasteiger partial charge in [0.2, 0.25) is 0 Å². The Morgan fingerprint density at radius 3 is 2.74 bits per heavy atom. The number of hydrogen-bond donors (Lipinski definition) is 1. The van der Waals surface area contributed by atoms with Crippen LogP contribution in [0.1, 0.15) is 44.3 Å². The molecule has 0 spiro atoms. The van der Waals surface area contributed by atoms with Gasteiger partial charge in [-0.1, -0.05) is 0 Å². The largest absolute Gasteiger partial charge is 0.490 e. The summed E-state index contributed by atoms with van der Waals surface area (Å²) < 4.78 is 24.5. The zero-order chi connectivity index (χ0) is 13.8. The first-order valence-corrected chi connectivity index (χ1v) is 6.77. The van der Waals surface area contributed by atoms with Gasteiger partial charge < -0.3 is 14.6 Å². The maximum atomic E-state index is 13.2. The normalized spacial score (nSPS) is 25.1. The Morgan fingerprint density at radius 1 is 1.32 bits per heavy atom. The molecule has 0 aromatic heterocycles. The number of halogens is 1. The highest BCUT2D eigenvalue weighted by Gasteiger charge is 2.24. The van der Waals surface area contributed by atoms with Crippen LogP contribution in [0.4, 0.5) is 4.39 Å². The Balaban J connectivity index is 2.10. The Kier molecular flexibility index (Phi) is 4.77. The van der Waals surface area contributed by atoms with Gasteiger partial charge in [-0.15, -0.1) is 0 Å². The number of hydrogen-bond acceptors (Lipinski definition) is 3. The van der Waals surface area contributed by atoms with Crippen molar-refractivity contribution >= 4 is 0 Å². The van der Waals surface area contributed by atoms with Crippen LogP contribution in [0.15, 0.2) is 18.2 Å². The summed E-state index contributed by atoms with van der Waals surface area (Å²) >= 11 is 0. The van der Waals surface area contributed by atoms with Gasteiger partial charge in [-0.2, -0.15) is 0 Å². The molecule has 19 heavy (non-hydrogen) atoms. The standard InChI is InChI=1S/C15H21FO3/c1-10(17)14-8-11(16)6-7-15(14)19-13-5-3-4-12(9-13)18-2/h6-8,10,12-13,17H,3-5,9H2,1-2H3. The van der Waals surface area contributed by atoms with Gasteiger partial charge in [0.25, 0.3) is 0 Å². The van der Waals surface area contributed by atoms with Gasteiger partial charge in [-0.05, 0) is 44.4 Å². The average molecular weight is 268 g/mol. The number of methoxy groups -OCH3 is 1. The lowest BCUT2D eigenvalue weighted by molar-refractivity contribution is 0.0199. The second-order valence-electron chi connectivity index (χ2n) is 5.12. The van der Waals surface area contributed by atoms with Crippen molar-refractivity contribution in [1.29, 1.82) is 0 Å². The van der Waals surface area contributed by atoms with Gasteiger partial charge in [0.15, 0.2) is 0 Å². The van der Waals surface area contributed by atoms with Crippen LogP contribution in [0.5, 0.6) is 5.75 Å². The maximum Gasteiger partial charge on any atom is 0.125 e. The molecule has 4 heteroatoms. The van der Waals surface area contributed by atoms with Crippen LogP contribution in [0.3, 0.4) is 0 Å². The number of benzene rings is 1. The second-order valence-corrected chi connectivity index (χ2v) is 5.12. The quantitative estimate of drug-likeness (QED) is 0.911. The van der Waals surface area contributed by atoms with E-state index < -0.39 is 6.10 Å². The van der Waals surface area contributed by atoms with Gasteiger partial charge in [0.05, 0.1) is 12.2 Å². The highest BCUT2D eigenvalue weighted by Crippen LogP contribution is 2.30. The summed E-state index contributed by atoms with van der Waals surface area (Å²) in [6, 6.07) is 4.28. The fourth-order valence-electron chi connectivity index (χ4n) is 2.56. The zero-order valence-corrected chi connectivity index (χ0v) is 11.4. The number of aliphatic hydroxyl groups is 1. The molecule has 0 saturated heterocycles. The van der Waals surface area contributed by atoms with Gasteiger partial charge in [0.1, 0.15) is 17.7 Å². The van der Waals surface area contributed by atoms with Crippen molar-refractivity contribution in [2.45, 2.75) is 50.9 Å². The van der Waals surface area contributed by atoms with E-state index in [0.717, 1.165) is 25.7 Å². The molecular formula is C15H21FO3. The molecule has 0 heterocycles. The third-order valence-electron chi connectivity index (χ3n) is 3.63. The molecule has 1 saturated carbocycles. The third-order valence-corrected chi connectivity index (χ3v) is 3.63. The Bertz CT molecular complexity index is 420. The zero-order valence-electron chi connectivity index (χ0n) is 11.4. The van der Waals surface area contributed by atoms with E-state index in [4.69, 9.17) is 9.47 Å². The lowest BCUT2D eigenvalue weighted by Crippen LogP contribution is -2.29. The van der Waals surface area contributed by atoms with Crippen molar-refractivity contribution < 1.29 is 19.0 Å². The maximum absolute atomic E-state index is 13.2. The van der Waals surface area contributed by atoms with Crippen LogP contribution in [0.25, 0.3) is 0 Å². The van der Waals surface area contributed by atoms with E-state index in [-0.39, 0.29) is 18.0 Å². The molecular weight excluding hydrogens is 247 g/mol. The summed E-state index contributed by atoms with van der Waals surface area (Å²) in [5, 5.41) is 9.69. The first-order valence-electron chi connectivity index (χ1n) is 6.77. The molecule has 3 unspecified atom stereocenters. The van der Waals surface area contributed by atoms with E-state index in [2.05, 4.69) is 0 Å². The van der Waals surface area contributed by atoms with E-state index in [1.54, 1.807) is 20.1 Å². The molecule has 106 valence electrons. The highest BCUT2D eigenvalue weighted by molar-refractivity contribution is 5.35. The minimum Gasteiger partial charge on any atom is -0.490 e. The average Bonchev–Trinajstić information content (AvgIpc) is 2.41. The van der Waals surface area contributed by atoms with E-state index in [1.807, 2.05) is 0 Å². The van der Waals surface area contributed by atoms with E-state index in [9.17, 15) is 9.50 Å². The molecule has 1 aliphatic carbocycles. The molecule has 3 atom stereocenters. The van der Waals surface area contributed by atoms with Crippen LogP contribution in [0.2, 0.25) is 0 Å². The molecule has 0 aliphatic heterocycles. The predicted octanol–water partition coefficient (Wildman–Crippen LogP) is 3.22. The predicted molar refractivity (Wildman–Crippen MR) is 70.7 cm³/mol. The van der Waals surface area contributed by atoms with E-state index in [1.165, 1.54) is 12.1 Å². The lowest BCUT2D eigenvalue weighted by atomic mass is 9.94. The molecule has 0 amide bonds. The summed E-state index contributed by atoms with van der Waals surface area (Å²) in [7, 11) is 1.71. The topological polar surface area (TPSA) is 38.7 Å². The van der Waals surface area contributed by atoms with Gasteiger partial charge in [-0.3, -0.25) is 0 Å². The van der Waals surface area contributed by atoms with Gasteiger partial charge in [-0.25, -0.2) is 4.39 Å². The number of ether oxygens (including phenoxy) is 2. The van der Waals surface area contributed by atoms with Crippen molar-refractivity contribution in [2.24, 2.45) is 0 Å². The SMILES string of the molecule is COC1CCCC(Oc2ccc(F)cc2C(C)O)C1. The molecule has 0 bridgehead atoms. The molecule has 1 N–H and O–H groups in total. The van der Waals surface area contributed by atoms with Crippen LogP contribution < -0.4 is 4.74 Å². The monoisotopic (exact) mass is 268 g/mol. The van der Waals surface area contributed by atoms with E-state index >= 15 is 0 Å². The molecule has 1 aromatic carbocycles. The van der Waals surface area contributed by atoms with Gasteiger partial charge >= 0.3 is 0 Å². The molecule has 1 aliphatic rings. The lowest BCUT2D eigenvalue weighted by Gasteiger charge is -2.29. The highest BCUT2D eigenvalue weighted by atomic mass is 19.1. The van der Waals surface area contributed by atoms with Crippen molar-refractivity contribution in [1.82, 2.24) is 0 Å². The van der Waals surface area contributed by atoms with Crippen LogP contribution in [0, 0.1) is 5.82 Å². The second kappa shape index (κ2) is 6.35. The van der Waals surface area contributed by atoms with Crippen LogP contribution in [-0.4, -0.2) is 24.4 Å². The molecule has 0 radical (unpaired) electrons. The van der Waals surface area contributed by atoms with Crippen molar-refractivity contribution in [3.63, 3.8) is 0 Å². The Labute approximate surface area is 113 Å². The molecule has 1 fully saturated rings. The van der Waals surface area contributed by atoms with Gasteiger partial charge in [0, 0.05) is 19.1 Å². The Hall–Kier alpha value is -1.13. The minimum absolute atomic E-state index is 0.0710. The summed E-state index contributed by atoms with van der Waals surface area (Å²) in [6.07, 6.45) is 3.49. The van der Waals surface area contributed by atoms with Crippen LogP contribution in [-0.2, 0) is 4.74 Å². The van der Waals surface area contributed by atoms with Crippen LogP contribution >= 0.6 is 0 Å². The first kappa shape index (κ1) is 14.3. The molecule has 1 aromatic rings. The van der Waals surface area contributed by atoms with Crippen molar-refractivity contribution in [2.75, 3.05) is 7.11 Å². The smallest absolute Gasteiger partial charge is 0.125 e. The minimum atomic E-state index is -0.743. The fourth-order valence-corrected chi connectivity index (χ4v) is 2.56. The molecule has 3 nitrogen and oxygen atoms in total. The summed E-state index contributed by atoms with van der Waals surface area (Å²) in [5.74, 6) is 0.208. The Morgan fingerprint density at radius 2 is 2.05 bits per heavy atom. The van der Waals surface area contributed by atoms with Crippen molar-refractivity contribution in [3.05, 3.63) is 29.6 Å². The summed E-state index contributed by atoms with van der Waals surface area (Å²) in [5.41, 5.74) is 0.500. The molecule has 2 rings (SSSR count). The summed E-state index contributed by atoms with van der Waals surface area (Å²) in [4.78, 5) is 0. The van der Waals surface area contributed by atoms with Crippen molar-refractivity contribution in [3.8, 4) is 5.75 Å². The summed E-state index contributed by atoms with van der Waals surface area (Å²) in [6.45, 7) is 1.61.